The van der Waals surface area contributed by atoms with E-state index in [2.05, 4.69) is 17.1 Å². The highest BCUT2D eigenvalue weighted by molar-refractivity contribution is 7.92. The lowest BCUT2D eigenvalue weighted by atomic mass is 10.0. The number of carbonyl (C=O) groups excluding carboxylic acids is 1. The molecule has 2 atom stereocenters. The number of likely N-dealkylation sites (tertiary alicyclic amines) is 1. The van der Waals surface area contributed by atoms with Crippen molar-refractivity contribution < 1.29 is 22.0 Å². The number of amides is 1. The average molecular weight is 418 g/mol. The number of halogens is 2. The lowest BCUT2D eigenvalue weighted by Crippen LogP contribution is -2.48. The van der Waals surface area contributed by atoms with Crippen LogP contribution in [-0.2, 0) is 14.8 Å². The summed E-state index contributed by atoms with van der Waals surface area (Å²) in [5, 5.41) is 2.74. The third-order valence-corrected chi connectivity index (χ3v) is 6.18. The Labute approximate surface area is 165 Å². The van der Waals surface area contributed by atoms with Crippen LogP contribution in [-0.4, -0.2) is 57.7 Å². The molecular weight excluding hydrogens is 388 g/mol. The number of nitrogens with one attached hydrogen (secondary N) is 1. The molecule has 6 nitrogen and oxygen atoms in total. The standard InChI is InChI=1S/C19H29F2N3O3S/c1-14-6-4-10-23(13-14)11-5-9-22-19(25)15(2)24(28(3,26)27)16-7-8-17(20)18(21)12-16/h7-8,12,14-15H,4-6,9-11,13H2,1-3H3,(H,22,25)/t14-,15+/m0/s1. The minimum absolute atomic E-state index is 0.0913. The zero-order valence-electron chi connectivity index (χ0n) is 16.6. The van der Waals surface area contributed by atoms with Crippen LogP contribution in [0.1, 0.15) is 33.1 Å². The van der Waals surface area contributed by atoms with Gasteiger partial charge in [-0.3, -0.25) is 9.10 Å². The Morgan fingerprint density at radius 1 is 1.36 bits per heavy atom. The molecule has 1 heterocycles. The zero-order chi connectivity index (χ0) is 20.9. The van der Waals surface area contributed by atoms with E-state index in [1.165, 1.54) is 19.8 Å². The van der Waals surface area contributed by atoms with Crippen LogP contribution >= 0.6 is 0 Å². The number of anilines is 1. The summed E-state index contributed by atoms with van der Waals surface area (Å²) in [4.78, 5) is 14.8. The monoisotopic (exact) mass is 417 g/mol. The van der Waals surface area contributed by atoms with Gasteiger partial charge in [-0.05, 0) is 57.3 Å². The number of sulfonamides is 1. The van der Waals surface area contributed by atoms with E-state index < -0.39 is 33.6 Å². The number of rotatable bonds is 8. The van der Waals surface area contributed by atoms with E-state index in [0.717, 1.165) is 54.8 Å². The summed E-state index contributed by atoms with van der Waals surface area (Å²) in [5.74, 6) is -2.05. The van der Waals surface area contributed by atoms with Crippen LogP contribution in [0.4, 0.5) is 14.5 Å². The van der Waals surface area contributed by atoms with Gasteiger partial charge < -0.3 is 10.2 Å². The maximum absolute atomic E-state index is 13.5. The normalized spacial score (nSPS) is 19.2. The molecule has 0 saturated carbocycles. The van der Waals surface area contributed by atoms with Gasteiger partial charge in [-0.2, -0.15) is 0 Å². The largest absolute Gasteiger partial charge is 0.354 e. The predicted octanol–water partition coefficient (Wildman–Crippen LogP) is 2.36. The second-order valence-corrected chi connectivity index (χ2v) is 9.39. The quantitative estimate of drug-likeness (QED) is 0.660. The molecule has 0 radical (unpaired) electrons. The molecule has 158 valence electrons. The van der Waals surface area contributed by atoms with Crippen LogP contribution in [0.3, 0.4) is 0 Å². The summed E-state index contributed by atoms with van der Waals surface area (Å²) in [6.45, 7) is 7.06. The Hall–Kier alpha value is -1.74. The molecule has 0 aromatic heterocycles. The third kappa shape index (κ3) is 6.13. The molecule has 0 aliphatic carbocycles. The summed E-state index contributed by atoms with van der Waals surface area (Å²) >= 11 is 0. The number of carbonyl (C=O) groups is 1. The molecule has 2 rings (SSSR count). The van der Waals surface area contributed by atoms with Crippen LogP contribution in [0.25, 0.3) is 0 Å². The van der Waals surface area contributed by atoms with Crippen molar-refractivity contribution in [1.82, 2.24) is 10.2 Å². The Bertz CT molecular complexity index is 789. The molecule has 1 aromatic carbocycles. The minimum atomic E-state index is -3.87. The van der Waals surface area contributed by atoms with Crippen molar-refractivity contribution in [2.75, 3.05) is 36.7 Å². The third-order valence-electron chi connectivity index (χ3n) is 4.94. The van der Waals surface area contributed by atoms with Crippen molar-refractivity contribution in [3.8, 4) is 0 Å². The van der Waals surface area contributed by atoms with E-state index in [1.54, 1.807) is 0 Å². The van der Waals surface area contributed by atoms with Gasteiger partial charge in [0.15, 0.2) is 11.6 Å². The molecule has 1 fully saturated rings. The summed E-state index contributed by atoms with van der Waals surface area (Å²) in [7, 11) is -3.87. The molecule has 1 amide bonds. The van der Waals surface area contributed by atoms with Gasteiger partial charge in [0.1, 0.15) is 6.04 Å². The van der Waals surface area contributed by atoms with Crippen LogP contribution in [0.15, 0.2) is 18.2 Å². The molecule has 0 bridgehead atoms. The summed E-state index contributed by atoms with van der Waals surface area (Å²) in [6, 6.07) is 1.67. The van der Waals surface area contributed by atoms with Crippen LogP contribution in [0.5, 0.6) is 0 Å². The minimum Gasteiger partial charge on any atom is -0.354 e. The molecular formula is C19H29F2N3O3S. The lowest BCUT2D eigenvalue weighted by molar-refractivity contribution is -0.121. The topological polar surface area (TPSA) is 69.7 Å². The van der Waals surface area contributed by atoms with E-state index in [0.29, 0.717) is 12.5 Å². The molecule has 9 heteroatoms. The highest BCUT2D eigenvalue weighted by Crippen LogP contribution is 2.23. The predicted molar refractivity (Wildman–Crippen MR) is 106 cm³/mol. The second kappa shape index (κ2) is 9.65. The number of hydrogen-bond donors (Lipinski definition) is 1. The highest BCUT2D eigenvalue weighted by Gasteiger charge is 2.29. The van der Waals surface area contributed by atoms with E-state index in [9.17, 15) is 22.0 Å². The zero-order valence-corrected chi connectivity index (χ0v) is 17.4. The highest BCUT2D eigenvalue weighted by atomic mass is 32.2. The Kier molecular flexibility index (Phi) is 7.77. The Morgan fingerprint density at radius 3 is 2.68 bits per heavy atom. The fourth-order valence-corrected chi connectivity index (χ4v) is 4.75. The van der Waals surface area contributed by atoms with Gasteiger partial charge in [0.25, 0.3) is 0 Å². The van der Waals surface area contributed by atoms with Crippen molar-refractivity contribution in [1.29, 1.82) is 0 Å². The number of piperidine rings is 1. The van der Waals surface area contributed by atoms with Gasteiger partial charge in [-0.15, -0.1) is 0 Å². The molecule has 0 spiro atoms. The lowest BCUT2D eigenvalue weighted by Gasteiger charge is -2.31. The van der Waals surface area contributed by atoms with E-state index in [-0.39, 0.29) is 5.69 Å². The van der Waals surface area contributed by atoms with Gasteiger partial charge in [-0.1, -0.05) is 6.92 Å². The molecule has 1 N–H and O–H groups in total. The van der Waals surface area contributed by atoms with E-state index in [1.807, 2.05) is 0 Å². The number of hydrogen-bond acceptors (Lipinski definition) is 4. The van der Waals surface area contributed by atoms with Crippen molar-refractivity contribution in [3.63, 3.8) is 0 Å². The fourth-order valence-electron chi connectivity index (χ4n) is 3.58. The number of nitrogens with zero attached hydrogens (tertiary/aromatic N) is 2. The van der Waals surface area contributed by atoms with Crippen molar-refractivity contribution in [3.05, 3.63) is 29.8 Å². The molecule has 1 aliphatic rings. The first kappa shape index (κ1) is 22.5. The first-order valence-electron chi connectivity index (χ1n) is 9.54. The van der Waals surface area contributed by atoms with Gasteiger partial charge in [0, 0.05) is 19.2 Å². The van der Waals surface area contributed by atoms with Crippen molar-refractivity contribution in [2.24, 2.45) is 5.92 Å². The Balaban J connectivity index is 1.95. The summed E-state index contributed by atoms with van der Waals surface area (Å²) in [6.07, 6.45) is 4.11. The average Bonchev–Trinajstić information content (AvgIpc) is 2.60. The summed E-state index contributed by atoms with van der Waals surface area (Å²) < 4.78 is 51.8. The van der Waals surface area contributed by atoms with Crippen LogP contribution < -0.4 is 9.62 Å². The van der Waals surface area contributed by atoms with E-state index in [4.69, 9.17) is 0 Å². The van der Waals surface area contributed by atoms with Gasteiger partial charge >= 0.3 is 0 Å². The van der Waals surface area contributed by atoms with Crippen molar-refractivity contribution >= 4 is 21.6 Å². The molecule has 28 heavy (non-hydrogen) atoms. The molecule has 0 unspecified atom stereocenters. The van der Waals surface area contributed by atoms with Crippen LogP contribution in [0.2, 0.25) is 0 Å². The smallest absolute Gasteiger partial charge is 0.243 e. The number of benzene rings is 1. The van der Waals surface area contributed by atoms with Gasteiger partial charge in [0.2, 0.25) is 15.9 Å². The molecule has 1 aliphatic heterocycles. The van der Waals surface area contributed by atoms with E-state index >= 15 is 0 Å². The fraction of sp³-hybridized carbons (Fsp3) is 0.632. The van der Waals surface area contributed by atoms with Crippen LogP contribution in [0, 0.1) is 17.6 Å². The molecule has 1 saturated heterocycles. The SMILES string of the molecule is C[C@H]1CCCN(CCCNC(=O)[C@@H](C)N(c2ccc(F)c(F)c2)S(C)(=O)=O)C1. The first-order valence-corrected chi connectivity index (χ1v) is 11.4. The maximum atomic E-state index is 13.5. The van der Waals surface area contributed by atoms with Gasteiger partial charge in [0.05, 0.1) is 11.9 Å². The maximum Gasteiger partial charge on any atom is 0.243 e. The summed E-state index contributed by atoms with van der Waals surface area (Å²) in [5.41, 5.74) is -0.0913. The van der Waals surface area contributed by atoms with Crippen molar-refractivity contribution in [2.45, 2.75) is 39.2 Å². The Morgan fingerprint density at radius 2 is 2.07 bits per heavy atom. The second-order valence-electron chi connectivity index (χ2n) is 7.53. The molecule has 1 aromatic rings. The first-order chi connectivity index (χ1) is 13.1. The van der Waals surface area contributed by atoms with Gasteiger partial charge in [-0.25, -0.2) is 17.2 Å².